The smallest absolute Gasteiger partial charge is 0.00205 e. The molecule has 1 nitrogen and oxygen atoms in total. The van der Waals surface area contributed by atoms with E-state index in [1.807, 2.05) is 0 Å². The predicted molar refractivity (Wildman–Crippen MR) is 69.6 cm³/mol. The fourth-order valence-corrected chi connectivity index (χ4v) is 2.58. The monoisotopic (exact) mass is 217 g/mol. The molecule has 1 fully saturated rings. The van der Waals surface area contributed by atoms with Crippen LogP contribution in [0.25, 0.3) is 0 Å². The molecule has 0 spiro atoms. The Morgan fingerprint density at radius 1 is 1.12 bits per heavy atom. The lowest BCUT2D eigenvalue weighted by molar-refractivity contribution is 0.348. The van der Waals surface area contributed by atoms with Gasteiger partial charge in [-0.2, -0.15) is 0 Å². The van der Waals surface area contributed by atoms with Crippen molar-refractivity contribution in [2.75, 3.05) is 13.1 Å². The molecule has 1 N–H and O–H groups in total. The SMILES string of the molecule is c1ccc(CCCCC2CCCNC2)cc1. The molecule has 1 atom stereocenters. The summed E-state index contributed by atoms with van der Waals surface area (Å²) < 4.78 is 0. The molecule has 1 aromatic carbocycles. The average Bonchev–Trinajstić information content (AvgIpc) is 2.37. The summed E-state index contributed by atoms with van der Waals surface area (Å²) >= 11 is 0. The second kappa shape index (κ2) is 6.70. The van der Waals surface area contributed by atoms with Crippen LogP contribution in [0, 0.1) is 5.92 Å². The van der Waals surface area contributed by atoms with Crippen molar-refractivity contribution in [1.29, 1.82) is 0 Å². The maximum atomic E-state index is 3.49. The van der Waals surface area contributed by atoms with Crippen LogP contribution in [0.5, 0.6) is 0 Å². The molecule has 1 unspecified atom stereocenters. The molecule has 1 aromatic rings. The van der Waals surface area contributed by atoms with E-state index in [9.17, 15) is 0 Å². The molecule has 0 bridgehead atoms. The first kappa shape index (κ1) is 11.7. The third-order valence-corrected chi connectivity index (χ3v) is 3.57. The second-order valence-electron chi connectivity index (χ2n) is 4.94. The quantitative estimate of drug-likeness (QED) is 0.745. The Morgan fingerprint density at radius 3 is 2.75 bits per heavy atom. The topological polar surface area (TPSA) is 12.0 Å². The van der Waals surface area contributed by atoms with Crippen molar-refractivity contribution in [1.82, 2.24) is 5.32 Å². The minimum atomic E-state index is 0.949. The summed E-state index contributed by atoms with van der Waals surface area (Å²) in [6, 6.07) is 10.8. The zero-order valence-corrected chi connectivity index (χ0v) is 10.1. The lowest BCUT2D eigenvalue weighted by Gasteiger charge is -2.22. The zero-order chi connectivity index (χ0) is 11.1. The van der Waals surface area contributed by atoms with Crippen molar-refractivity contribution in [3.8, 4) is 0 Å². The van der Waals surface area contributed by atoms with Gasteiger partial charge in [-0.05, 0) is 56.7 Å². The van der Waals surface area contributed by atoms with Gasteiger partial charge in [0, 0.05) is 0 Å². The van der Waals surface area contributed by atoms with Crippen LogP contribution in [-0.2, 0) is 6.42 Å². The van der Waals surface area contributed by atoms with Crippen molar-refractivity contribution < 1.29 is 0 Å². The number of piperidine rings is 1. The maximum absolute atomic E-state index is 3.49. The minimum Gasteiger partial charge on any atom is -0.316 e. The summed E-state index contributed by atoms with van der Waals surface area (Å²) in [5.74, 6) is 0.949. The molecule has 0 amide bonds. The Bertz CT molecular complexity index is 275. The molecule has 0 aliphatic carbocycles. The number of nitrogens with one attached hydrogen (secondary N) is 1. The van der Waals surface area contributed by atoms with E-state index in [-0.39, 0.29) is 0 Å². The normalized spacial score (nSPS) is 20.9. The Balaban J connectivity index is 1.58. The first-order valence-corrected chi connectivity index (χ1v) is 6.70. The molecule has 0 radical (unpaired) electrons. The highest BCUT2D eigenvalue weighted by Gasteiger charge is 2.11. The van der Waals surface area contributed by atoms with Crippen molar-refractivity contribution in [3.63, 3.8) is 0 Å². The maximum Gasteiger partial charge on any atom is -0.00205 e. The number of hydrogen-bond acceptors (Lipinski definition) is 1. The Kier molecular flexibility index (Phi) is 4.88. The molecule has 1 heterocycles. The van der Waals surface area contributed by atoms with Crippen LogP contribution in [0.1, 0.15) is 37.7 Å². The van der Waals surface area contributed by atoms with Gasteiger partial charge < -0.3 is 5.32 Å². The van der Waals surface area contributed by atoms with Gasteiger partial charge in [-0.25, -0.2) is 0 Å². The Morgan fingerprint density at radius 2 is 2.00 bits per heavy atom. The van der Waals surface area contributed by atoms with Gasteiger partial charge in [-0.1, -0.05) is 36.8 Å². The van der Waals surface area contributed by atoms with Gasteiger partial charge in [0.2, 0.25) is 0 Å². The van der Waals surface area contributed by atoms with Crippen molar-refractivity contribution >= 4 is 0 Å². The van der Waals surface area contributed by atoms with Crippen LogP contribution in [0.15, 0.2) is 30.3 Å². The number of unbranched alkanes of at least 4 members (excludes halogenated alkanes) is 1. The van der Waals surface area contributed by atoms with Gasteiger partial charge in [0.25, 0.3) is 0 Å². The Hall–Kier alpha value is -0.820. The predicted octanol–water partition coefficient (Wildman–Crippen LogP) is 3.40. The van der Waals surface area contributed by atoms with Crippen molar-refractivity contribution in [3.05, 3.63) is 35.9 Å². The number of rotatable bonds is 5. The van der Waals surface area contributed by atoms with Crippen LogP contribution in [0.3, 0.4) is 0 Å². The molecule has 16 heavy (non-hydrogen) atoms. The van der Waals surface area contributed by atoms with Gasteiger partial charge in [-0.15, -0.1) is 0 Å². The van der Waals surface area contributed by atoms with Crippen molar-refractivity contribution in [2.45, 2.75) is 38.5 Å². The molecule has 1 heteroatoms. The highest BCUT2D eigenvalue weighted by molar-refractivity contribution is 5.14. The summed E-state index contributed by atoms with van der Waals surface area (Å²) in [7, 11) is 0. The van der Waals surface area contributed by atoms with E-state index in [1.54, 1.807) is 0 Å². The van der Waals surface area contributed by atoms with E-state index in [0.717, 1.165) is 5.92 Å². The standard InChI is InChI=1S/C15H23N/c1-2-7-14(8-3-1)9-4-5-10-15-11-6-12-16-13-15/h1-3,7-8,15-16H,4-6,9-13H2. The molecule has 1 aliphatic rings. The highest BCUT2D eigenvalue weighted by atomic mass is 14.9. The highest BCUT2D eigenvalue weighted by Crippen LogP contribution is 2.17. The van der Waals surface area contributed by atoms with Crippen LogP contribution in [0.4, 0.5) is 0 Å². The van der Waals surface area contributed by atoms with E-state index in [0.29, 0.717) is 0 Å². The summed E-state index contributed by atoms with van der Waals surface area (Å²) in [6.07, 6.45) is 8.23. The molecular formula is C15H23N. The summed E-state index contributed by atoms with van der Waals surface area (Å²) in [4.78, 5) is 0. The average molecular weight is 217 g/mol. The number of aryl methyl sites for hydroxylation is 1. The molecule has 88 valence electrons. The first-order valence-electron chi connectivity index (χ1n) is 6.70. The van der Waals surface area contributed by atoms with Gasteiger partial charge in [-0.3, -0.25) is 0 Å². The van der Waals surface area contributed by atoms with E-state index < -0.39 is 0 Å². The van der Waals surface area contributed by atoms with Crippen LogP contribution < -0.4 is 5.32 Å². The molecule has 2 rings (SSSR count). The van der Waals surface area contributed by atoms with E-state index in [2.05, 4.69) is 35.6 Å². The molecule has 1 aliphatic heterocycles. The third kappa shape index (κ3) is 3.97. The largest absolute Gasteiger partial charge is 0.316 e. The van der Waals surface area contributed by atoms with Gasteiger partial charge in [0.05, 0.1) is 0 Å². The van der Waals surface area contributed by atoms with E-state index >= 15 is 0 Å². The summed E-state index contributed by atoms with van der Waals surface area (Å²) in [5, 5.41) is 3.49. The molecule has 0 saturated carbocycles. The van der Waals surface area contributed by atoms with Crippen LogP contribution in [-0.4, -0.2) is 13.1 Å². The van der Waals surface area contributed by atoms with Crippen LogP contribution in [0.2, 0.25) is 0 Å². The number of benzene rings is 1. The molecular weight excluding hydrogens is 194 g/mol. The minimum absolute atomic E-state index is 0.949. The van der Waals surface area contributed by atoms with Crippen molar-refractivity contribution in [2.24, 2.45) is 5.92 Å². The lowest BCUT2D eigenvalue weighted by Crippen LogP contribution is -2.29. The second-order valence-corrected chi connectivity index (χ2v) is 4.94. The van der Waals surface area contributed by atoms with E-state index in [1.165, 1.54) is 57.2 Å². The van der Waals surface area contributed by atoms with Gasteiger partial charge in [0.1, 0.15) is 0 Å². The fourth-order valence-electron chi connectivity index (χ4n) is 2.58. The van der Waals surface area contributed by atoms with Crippen LogP contribution >= 0.6 is 0 Å². The summed E-state index contributed by atoms with van der Waals surface area (Å²) in [5.41, 5.74) is 1.49. The number of hydrogen-bond donors (Lipinski definition) is 1. The van der Waals surface area contributed by atoms with E-state index in [4.69, 9.17) is 0 Å². The van der Waals surface area contributed by atoms with Gasteiger partial charge in [0.15, 0.2) is 0 Å². The summed E-state index contributed by atoms with van der Waals surface area (Å²) in [6.45, 7) is 2.49. The van der Waals surface area contributed by atoms with Gasteiger partial charge >= 0.3 is 0 Å². The Labute approximate surface area is 99.3 Å². The lowest BCUT2D eigenvalue weighted by atomic mass is 9.93. The molecule has 1 saturated heterocycles. The third-order valence-electron chi connectivity index (χ3n) is 3.57. The molecule has 0 aromatic heterocycles. The zero-order valence-electron chi connectivity index (χ0n) is 10.1. The first-order chi connectivity index (χ1) is 7.95. The fraction of sp³-hybridized carbons (Fsp3) is 0.600.